The van der Waals surface area contributed by atoms with E-state index in [9.17, 15) is 0 Å². The highest BCUT2D eigenvalue weighted by Crippen LogP contribution is 2.11. The molecule has 0 bridgehead atoms. The van der Waals surface area contributed by atoms with Crippen LogP contribution in [0.5, 0.6) is 0 Å². The van der Waals surface area contributed by atoms with Gasteiger partial charge in [0, 0.05) is 6.20 Å². The summed E-state index contributed by atoms with van der Waals surface area (Å²) in [4.78, 5) is 8.61. The highest BCUT2D eigenvalue weighted by atomic mass is 79.9. The third-order valence-electron chi connectivity index (χ3n) is 2.27. The van der Waals surface area contributed by atoms with Crippen LogP contribution in [0.3, 0.4) is 0 Å². The fraction of sp³-hybridized carbons (Fsp3) is 0.167. The molecule has 0 unspecified atom stereocenters. The van der Waals surface area contributed by atoms with Crippen LogP contribution < -0.4 is 5.32 Å². The summed E-state index contributed by atoms with van der Waals surface area (Å²) in [6.07, 6.45) is 1.80. The van der Waals surface area contributed by atoms with Crippen molar-refractivity contribution < 1.29 is 0 Å². The number of aryl methyl sites for hydroxylation is 1. The van der Waals surface area contributed by atoms with Gasteiger partial charge >= 0.3 is 0 Å². The fourth-order valence-electron chi connectivity index (χ4n) is 1.38. The Labute approximate surface area is 103 Å². The van der Waals surface area contributed by atoms with E-state index in [1.54, 1.807) is 6.20 Å². The van der Waals surface area contributed by atoms with Crippen LogP contribution in [-0.2, 0) is 6.54 Å². The lowest BCUT2D eigenvalue weighted by Gasteiger charge is -2.07. The van der Waals surface area contributed by atoms with Crippen LogP contribution in [0.2, 0.25) is 0 Å². The van der Waals surface area contributed by atoms with Crippen LogP contribution in [0.4, 0.5) is 5.82 Å². The number of pyridine rings is 2. The van der Waals surface area contributed by atoms with E-state index in [1.165, 1.54) is 5.56 Å². The molecule has 0 saturated heterocycles. The van der Waals surface area contributed by atoms with E-state index in [0.29, 0.717) is 6.54 Å². The number of nitrogens with one attached hydrogen (secondary N) is 1. The molecule has 0 fully saturated rings. The highest BCUT2D eigenvalue weighted by molar-refractivity contribution is 9.10. The maximum absolute atomic E-state index is 4.31. The van der Waals surface area contributed by atoms with Crippen LogP contribution in [-0.4, -0.2) is 9.97 Å². The van der Waals surface area contributed by atoms with Crippen molar-refractivity contribution in [2.75, 3.05) is 5.32 Å². The predicted octanol–water partition coefficient (Wildman–Crippen LogP) is 3.16. The van der Waals surface area contributed by atoms with E-state index in [4.69, 9.17) is 0 Å². The quantitative estimate of drug-likeness (QED) is 0.876. The number of anilines is 1. The van der Waals surface area contributed by atoms with Gasteiger partial charge in [-0.1, -0.05) is 12.1 Å². The Morgan fingerprint density at radius 1 is 1.25 bits per heavy atom. The summed E-state index contributed by atoms with van der Waals surface area (Å²) in [5.74, 6) is 0.847. The van der Waals surface area contributed by atoms with Crippen molar-refractivity contribution in [1.29, 1.82) is 0 Å². The predicted molar refractivity (Wildman–Crippen MR) is 68.2 cm³/mol. The van der Waals surface area contributed by atoms with Gasteiger partial charge in [-0.25, -0.2) is 4.98 Å². The molecule has 0 aromatic carbocycles. The van der Waals surface area contributed by atoms with Crippen LogP contribution in [0, 0.1) is 6.92 Å². The second kappa shape index (κ2) is 5.07. The minimum Gasteiger partial charge on any atom is -0.364 e. The molecule has 0 aliphatic carbocycles. The van der Waals surface area contributed by atoms with Gasteiger partial charge in [-0.2, -0.15) is 0 Å². The first kappa shape index (κ1) is 11.1. The topological polar surface area (TPSA) is 37.8 Å². The number of aromatic nitrogens is 2. The molecule has 2 rings (SSSR count). The number of hydrogen-bond acceptors (Lipinski definition) is 3. The number of halogens is 1. The number of hydrogen-bond donors (Lipinski definition) is 1. The Morgan fingerprint density at radius 3 is 2.88 bits per heavy atom. The largest absolute Gasteiger partial charge is 0.364 e. The lowest BCUT2D eigenvalue weighted by Crippen LogP contribution is -2.04. The zero-order valence-electron chi connectivity index (χ0n) is 8.94. The molecule has 0 atom stereocenters. The van der Waals surface area contributed by atoms with Crippen molar-refractivity contribution in [2.45, 2.75) is 13.5 Å². The SMILES string of the molecule is Cc1cccnc1CNc1cccc(Br)n1. The molecule has 2 aromatic heterocycles. The number of nitrogens with zero attached hydrogens (tertiary/aromatic N) is 2. The molecule has 0 spiro atoms. The van der Waals surface area contributed by atoms with Crippen LogP contribution in [0.1, 0.15) is 11.3 Å². The van der Waals surface area contributed by atoms with E-state index in [1.807, 2.05) is 24.3 Å². The van der Waals surface area contributed by atoms with Gasteiger partial charge in [0.1, 0.15) is 10.4 Å². The lowest BCUT2D eigenvalue weighted by atomic mass is 10.2. The summed E-state index contributed by atoms with van der Waals surface area (Å²) in [6.45, 7) is 2.74. The summed E-state index contributed by atoms with van der Waals surface area (Å²) in [7, 11) is 0. The maximum Gasteiger partial charge on any atom is 0.127 e. The molecule has 3 nitrogen and oxygen atoms in total. The summed E-state index contributed by atoms with van der Waals surface area (Å²) in [5.41, 5.74) is 2.23. The molecule has 0 aliphatic heterocycles. The monoisotopic (exact) mass is 277 g/mol. The first-order chi connectivity index (χ1) is 7.75. The Bertz CT molecular complexity index is 485. The Kier molecular flexibility index (Phi) is 3.51. The van der Waals surface area contributed by atoms with Gasteiger partial charge in [-0.05, 0) is 46.6 Å². The van der Waals surface area contributed by atoms with Gasteiger partial charge in [0.2, 0.25) is 0 Å². The Balaban J connectivity index is 2.05. The maximum atomic E-state index is 4.31. The molecule has 0 saturated carbocycles. The first-order valence-electron chi connectivity index (χ1n) is 5.02. The molecular formula is C12H12BrN3. The van der Waals surface area contributed by atoms with E-state index in [2.05, 4.69) is 44.2 Å². The minimum atomic E-state index is 0.691. The fourth-order valence-corrected chi connectivity index (χ4v) is 1.73. The first-order valence-corrected chi connectivity index (χ1v) is 5.82. The van der Waals surface area contributed by atoms with Gasteiger partial charge in [-0.3, -0.25) is 4.98 Å². The van der Waals surface area contributed by atoms with E-state index < -0.39 is 0 Å². The second-order valence-electron chi connectivity index (χ2n) is 3.47. The van der Waals surface area contributed by atoms with Crippen molar-refractivity contribution in [3.63, 3.8) is 0 Å². The third-order valence-corrected chi connectivity index (χ3v) is 2.71. The molecular weight excluding hydrogens is 266 g/mol. The van der Waals surface area contributed by atoms with Crippen molar-refractivity contribution in [1.82, 2.24) is 9.97 Å². The highest BCUT2D eigenvalue weighted by Gasteiger charge is 1.99. The summed E-state index contributed by atoms with van der Waals surface area (Å²) in [6, 6.07) is 9.78. The van der Waals surface area contributed by atoms with Crippen LogP contribution in [0.15, 0.2) is 41.1 Å². The average molecular weight is 278 g/mol. The van der Waals surface area contributed by atoms with E-state index in [-0.39, 0.29) is 0 Å². The molecule has 0 radical (unpaired) electrons. The van der Waals surface area contributed by atoms with E-state index in [0.717, 1.165) is 16.1 Å². The van der Waals surface area contributed by atoms with Crippen molar-refractivity contribution in [3.05, 3.63) is 52.4 Å². The smallest absolute Gasteiger partial charge is 0.127 e. The molecule has 0 aliphatic rings. The zero-order valence-corrected chi connectivity index (χ0v) is 10.5. The molecule has 2 heterocycles. The van der Waals surface area contributed by atoms with Gasteiger partial charge < -0.3 is 5.32 Å². The summed E-state index contributed by atoms with van der Waals surface area (Å²) >= 11 is 3.34. The average Bonchev–Trinajstić information content (AvgIpc) is 2.28. The van der Waals surface area contributed by atoms with Gasteiger partial charge in [0.05, 0.1) is 12.2 Å². The van der Waals surface area contributed by atoms with E-state index >= 15 is 0 Å². The van der Waals surface area contributed by atoms with Gasteiger partial charge in [0.25, 0.3) is 0 Å². The minimum absolute atomic E-state index is 0.691. The van der Waals surface area contributed by atoms with Gasteiger partial charge in [-0.15, -0.1) is 0 Å². The molecule has 4 heteroatoms. The molecule has 1 N–H and O–H groups in total. The van der Waals surface area contributed by atoms with Crippen LogP contribution in [0.25, 0.3) is 0 Å². The van der Waals surface area contributed by atoms with Crippen molar-refractivity contribution in [3.8, 4) is 0 Å². The summed E-state index contributed by atoms with van der Waals surface area (Å²) < 4.78 is 0.829. The summed E-state index contributed by atoms with van der Waals surface area (Å²) in [5, 5.41) is 3.24. The molecule has 82 valence electrons. The second-order valence-corrected chi connectivity index (χ2v) is 4.28. The standard InChI is InChI=1S/C12H12BrN3/c1-9-4-3-7-14-10(9)8-15-12-6-2-5-11(13)16-12/h2-7H,8H2,1H3,(H,15,16). The molecule has 2 aromatic rings. The van der Waals surface area contributed by atoms with Gasteiger partial charge in [0.15, 0.2) is 0 Å². The molecule has 16 heavy (non-hydrogen) atoms. The lowest BCUT2D eigenvalue weighted by molar-refractivity contribution is 1.00. The van der Waals surface area contributed by atoms with Crippen LogP contribution >= 0.6 is 15.9 Å². The Morgan fingerprint density at radius 2 is 2.12 bits per heavy atom. The zero-order chi connectivity index (χ0) is 11.4. The normalized spacial score (nSPS) is 10.1. The van der Waals surface area contributed by atoms with Crippen molar-refractivity contribution in [2.24, 2.45) is 0 Å². The van der Waals surface area contributed by atoms with Crippen molar-refractivity contribution >= 4 is 21.7 Å². The number of rotatable bonds is 3. The third kappa shape index (κ3) is 2.79. The Hall–Kier alpha value is -1.42. The molecule has 0 amide bonds.